The first-order valence-electron chi connectivity index (χ1n) is 0.934. The molecule has 9 heteroatoms. The van der Waals surface area contributed by atoms with Gasteiger partial charge in [0, 0.05) is 0 Å². The van der Waals surface area contributed by atoms with Crippen LogP contribution in [0, 0.1) is 0 Å². The molecule has 0 atom stereocenters. The average molecular weight is 189 g/mol. The van der Waals surface area contributed by atoms with Crippen molar-refractivity contribution in [3.05, 3.63) is 0 Å². The second-order valence-electron chi connectivity index (χ2n) is 0.491. The predicted octanol–water partition coefficient (Wildman–Crippen LogP) is -4.26. The Bertz CT molecular complexity index is 63.1. The minimum atomic E-state index is -4.89. The van der Waals surface area contributed by atoms with Crippen LogP contribution < -0.4 is 40.6 Å². The first-order valence-corrected chi connectivity index (χ1v) is 2.80. The minimum absolute atomic E-state index is 0. The van der Waals surface area contributed by atoms with Gasteiger partial charge in [0.1, 0.15) is 0 Å². The van der Waals surface area contributed by atoms with Crippen LogP contribution in [0.5, 0.6) is 0 Å². The van der Waals surface area contributed by atoms with Gasteiger partial charge >= 0.3 is 29.6 Å². The molecule has 0 rings (SSSR count). The summed E-state index contributed by atoms with van der Waals surface area (Å²) >= 11 is 3.64. The van der Waals surface area contributed by atoms with Crippen LogP contribution in [-0.2, 0) is 4.57 Å². The van der Waals surface area contributed by atoms with Gasteiger partial charge < -0.3 is 20.8 Å². The first kappa shape index (κ1) is 22.4. The molecule has 0 aliphatic carbocycles. The van der Waals surface area contributed by atoms with Gasteiger partial charge in [0.05, 0.1) is 11.9 Å². The fourth-order valence-electron chi connectivity index (χ4n) is 0. The van der Waals surface area contributed by atoms with Crippen molar-refractivity contribution >= 4 is 19.7 Å². The standard InChI is InChI=1S/ClHO.H3N.Na.H3O4P/c1-2;;;1-5(2,3)4/h2H;1H3;;(H3,1,2,3,4)/q;;+1;/p-1. The summed E-state index contributed by atoms with van der Waals surface area (Å²) in [5, 5.41) is 0. The van der Waals surface area contributed by atoms with Crippen molar-refractivity contribution in [3.63, 3.8) is 0 Å². The molecular formula is H6ClNNaO5P. The van der Waals surface area contributed by atoms with E-state index >= 15 is 0 Å². The van der Waals surface area contributed by atoms with Crippen LogP contribution in [0.1, 0.15) is 0 Å². The van der Waals surface area contributed by atoms with Crippen LogP contribution >= 0.6 is 19.7 Å². The van der Waals surface area contributed by atoms with Crippen molar-refractivity contribution in [2.75, 3.05) is 0 Å². The third-order valence-corrected chi connectivity index (χ3v) is 0. The molecule has 6 nitrogen and oxygen atoms in total. The fraction of sp³-hybridized carbons (Fsp3) is 0. The molecule has 9 heavy (non-hydrogen) atoms. The Balaban J connectivity index is -0.0000000286. The van der Waals surface area contributed by atoms with Crippen LogP contribution in [0.25, 0.3) is 0 Å². The summed E-state index contributed by atoms with van der Waals surface area (Å²) in [6.07, 6.45) is 0. The number of halogens is 1. The van der Waals surface area contributed by atoms with E-state index < -0.39 is 7.82 Å². The molecule has 0 saturated carbocycles. The maximum absolute atomic E-state index is 8.77. The number of phosphoric acid groups is 1. The molecule has 0 aromatic heterocycles. The van der Waals surface area contributed by atoms with Gasteiger partial charge in [-0.1, -0.05) is 0 Å². The summed E-state index contributed by atoms with van der Waals surface area (Å²) in [6.45, 7) is 0. The molecule has 0 bridgehead atoms. The van der Waals surface area contributed by atoms with Crippen molar-refractivity contribution in [3.8, 4) is 0 Å². The molecule has 0 aliphatic rings. The summed E-state index contributed by atoms with van der Waals surface area (Å²) in [6, 6.07) is 0. The normalized spacial score (nSPS) is 7.22. The van der Waals surface area contributed by atoms with E-state index in [1.165, 1.54) is 0 Å². The quantitative estimate of drug-likeness (QED) is 0.225. The van der Waals surface area contributed by atoms with E-state index in [9.17, 15) is 0 Å². The molecule has 0 radical (unpaired) electrons. The summed E-state index contributed by atoms with van der Waals surface area (Å²) in [5.74, 6) is 0. The zero-order chi connectivity index (χ0) is 6.50. The maximum atomic E-state index is 8.77. The van der Waals surface area contributed by atoms with Crippen LogP contribution in [0.4, 0.5) is 0 Å². The van der Waals surface area contributed by atoms with Crippen molar-refractivity contribution in [2.45, 2.75) is 0 Å². The van der Waals surface area contributed by atoms with Gasteiger partial charge in [-0.25, -0.2) is 0 Å². The van der Waals surface area contributed by atoms with E-state index in [0.717, 1.165) is 0 Å². The van der Waals surface area contributed by atoms with Gasteiger partial charge in [0.15, 0.2) is 0 Å². The number of hydrogen-bond donors (Lipinski definition) is 4. The average Bonchev–Trinajstić information content (AvgIpc) is 1.36. The Hall–Kier alpha value is 1.32. The van der Waals surface area contributed by atoms with Crippen LogP contribution in [-0.4, -0.2) is 14.4 Å². The smallest absolute Gasteiger partial charge is 0.756 e. The van der Waals surface area contributed by atoms with E-state index in [-0.39, 0.29) is 35.7 Å². The molecule has 0 spiro atoms. The topological polar surface area (TPSA) is 136 Å². The van der Waals surface area contributed by atoms with Crippen molar-refractivity contribution in [1.29, 1.82) is 0 Å². The van der Waals surface area contributed by atoms with E-state index in [0.29, 0.717) is 0 Å². The Morgan fingerprint density at radius 1 is 1.33 bits per heavy atom. The zero-order valence-corrected chi connectivity index (χ0v) is 8.34. The third kappa shape index (κ3) is 287. The monoisotopic (exact) mass is 189 g/mol. The largest absolute Gasteiger partial charge is 1.00 e. The molecule has 54 valence electrons. The molecule has 6 N–H and O–H groups in total. The van der Waals surface area contributed by atoms with E-state index in [4.69, 9.17) is 23.9 Å². The summed E-state index contributed by atoms with van der Waals surface area (Å²) in [7, 11) is -4.89. The van der Waals surface area contributed by atoms with Crippen LogP contribution in [0.15, 0.2) is 0 Å². The van der Waals surface area contributed by atoms with Gasteiger partial charge in [-0.2, -0.15) is 0 Å². The van der Waals surface area contributed by atoms with E-state index in [2.05, 4.69) is 11.9 Å². The molecule has 0 unspecified atom stereocenters. The van der Waals surface area contributed by atoms with Gasteiger partial charge in [-0.05, 0) is 0 Å². The molecule has 0 aromatic rings. The minimum Gasteiger partial charge on any atom is -0.756 e. The third-order valence-electron chi connectivity index (χ3n) is 0. The van der Waals surface area contributed by atoms with Gasteiger partial charge in [0.25, 0.3) is 7.82 Å². The summed E-state index contributed by atoms with van der Waals surface area (Å²) in [5.41, 5.74) is 0. The van der Waals surface area contributed by atoms with Crippen molar-refractivity contribution < 1.29 is 53.5 Å². The van der Waals surface area contributed by atoms with Crippen LogP contribution in [0.2, 0.25) is 0 Å². The van der Waals surface area contributed by atoms with Gasteiger partial charge in [-0.3, -0.25) is 9.22 Å². The van der Waals surface area contributed by atoms with Crippen molar-refractivity contribution in [1.82, 2.24) is 6.15 Å². The second-order valence-corrected chi connectivity index (χ2v) is 1.47. The van der Waals surface area contributed by atoms with Gasteiger partial charge in [0.2, 0.25) is 0 Å². The fourth-order valence-corrected chi connectivity index (χ4v) is 0. The van der Waals surface area contributed by atoms with E-state index in [1.807, 2.05) is 0 Å². The second kappa shape index (κ2) is 12.0. The summed E-state index contributed by atoms with van der Waals surface area (Å²) in [4.78, 5) is 22.9. The van der Waals surface area contributed by atoms with Gasteiger partial charge in [-0.15, -0.1) is 0 Å². The Morgan fingerprint density at radius 3 is 1.33 bits per heavy atom. The van der Waals surface area contributed by atoms with Crippen LogP contribution in [0.3, 0.4) is 0 Å². The molecule has 0 aromatic carbocycles. The van der Waals surface area contributed by atoms with E-state index in [1.54, 1.807) is 0 Å². The SMILES string of the molecule is N.O=P([O-])(O)O.OCl.[Na+]. The number of hydrogen-bond acceptors (Lipinski definition) is 4. The maximum Gasteiger partial charge on any atom is 1.00 e. The molecule has 0 aliphatic heterocycles. The zero-order valence-electron chi connectivity index (χ0n) is 4.69. The number of rotatable bonds is 0. The molecule has 0 heterocycles. The molecule has 0 amide bonds. The molecular weight excluding hydrogens is 183 g/mol. The first-order chi connectivity index (χ1) is 3.00. The molecule has 0 saturated heterocycles. The molecule has 0 fully saturated rings. The Labute approximate surface area is 79.1 Å². The van der Waals surface area contributed by atoms with Crippen molar-refractivity contribution in [2.24, 2.45) is 0 Å². The Kier molecular flexibility index (Phi) is 30.0. The summed E-state index contributed by atoms with van der Waals surface area (Å²) < 4.78 is 15.2. The predicted molar refractivity (Wildman–Crippen MR) is 25.1 cm³/mol. The Morgan fingerprint density at radius 2 is 1.33 bits per heavy atom.